The first-order valence-corrected chi connectivity index (χ1v) is 5.57. The van der Waals surface area contributed by atoms with Crippen molar-refractivity contribution in [1.29, 1.82) is 0 Å². The maximum Gasteiger partial charge on any atom is 0.0586 e. The topological polar surface area (TPSA) is 25.8 Å². The van der Waals surface area contributed by atoms with Gasteiger partial charge < -0.3 is 0 Å². The molecular formula is C12H20N2. The van der Waals surface area contributed by atoms with Gasteiger partial charge >= 0.3 is 0 Å². The zero-order valence-corrected chi connectivity index (χ0v) is 9.24. The van der Waals surface area contributed by atoms with Gasteiger partial charge in [-0.3, -0.25) is 9.97 Å². The van der Waals surface area contributed by atoms with Crippen molar-refractivity contribution in [3.63, 3.8) is 0 Å². The average Bonchev–Trinajstić information content (AvgIpc) is 2.25. The zero-order chi connectivity index (χ0) is 10.2. The van der Waals surface area contributed by atoms with Crippen molar-refractivity contribution < 1.29 is 0 Å². The van der Waals surface area contributed by atoms with Gasteiger partial charge in [0.1, 0.15) is 0 Å². The van der Waals surface area contributed by atoms with E-state index in [0.29, 0.717) is 0 Å². The fraction of sp³-hybridized carbons (Fsp3) is 0.667. The molecule has 2 nitrogen and oxygen atoms in total. The van der Waals surface area contributed by atoms with Gasteiger partial charge in [-0.1, -0.05) is 33.1 Å². The number of aryl methyl sites for hydroxylation is 1. The Labute approximate surface area is 86.8 Å². The minimum Gasteiger partial charge on any atom is -0.261 e. The molecule has 1 heterocycles. The SMILES string of the molecule is CCCCC(C)CCc1cnccn1. The summed E-state index contributed by atoms with van der Waals surface area (Å²) in [7, 11) is 0. The van der Waals surface area contributed by atoms with E-state index in [2.05, 4.69) is 23.8 Å². The molecule has 0 aromatic carbocycles. The molecule has 0 radical (unpaired) electrons. The van der Waals surface area contributed by atoms with E-state index in [9.17, 15) is 0 Å². The Morgan fingerprint density at radius 2 is 2.14 bits per heavy atom. The lowest BCUT2D eigenvalue weighted by Crippen LogP contribution is -1.99. The molecule has 0 spiro atoms. The van der Waals surface area contributed by atoms with Crippen molar-refractivity contribution in [3.05, 3.63) is 24.3 Å². The van der Waals surface area contributed by atoms with Crippen LogP contribution in [0, 0.1) is 5.92 Å². The highest BCUT2D eigenvalue weighted by atomic mass is 14.8. The Balaban J connectivity index is 2.20. The molecule has 1 unspecified atom stereocenters. The summed E-state index contributed by atoms with van der Waals surface area (Å²) in [5.41, 5.74) is 1.12. The first kappa shape index (κ1) is 11.2. The van der Waals surface area contributed by atoms with Gasteiger partial charge in [0.25, 0.3) is 0 Å². The van der Waals surface area contributed by atoms with Crippen LogP contribution in [-0.2, 0) is 6.42 Å². The molecule has 0 amide bonds. The van der Waals surface area contributed by atoms with Crippen LogP contribution in [0.1, 0.15) is 45.2 Å². The van der Waals surface area contributed by atoms with Gasteiger partial charge in [-0.05, 0) is 18.8 Å². The Bertz CT molecular complexity index is 233. The van der Waals surface area contributed by atoms with Gasteiger partial charge in [0, 0.05) is 18.6 Å². The Hall–Kier alpha value is -0.920. The first-order chi connectivity index (χ1) is 6.83. The number of rotatable bonds is 6. The van der Waals surface area contributed by atoms with Gasteiger partial charge in [0.2, 0.25) is 0 Å². The summed E-state index contributed by atoms with van der Waals surface area (Å²) in [4.78, 5) is 8.33. The molecule has 2 heteroatoms. The van der Waals surface area contributed by atoms with E-state index < -0.39 is 0 Å². The van der Waals surface area contributed by atoms with E-state index in [1.807, 2.05) is 6.20 Å². The molecular weight excluding hydrogens is 172 g/mol. The zero-order valence-electron chi connectivity index (χ0n) is 9.24. The van der Waals surface area contributed by atoms with Crippen molar-refractivity contribution in [2.45, 2.75) is 46.0 Å². The highest BCUT2D eigenvalue weighted by molar-refractivity contribution is 4.94. The molecule has 0 fully saturated rings. The van der Waals surface area contributed by atoms with Crippen molar-refractivity contribution in [2.75, 3.05) is 0 Å². The van der Waals surface area contributed by atoms with Crippen LogP contribution in [0.15, 0.2) is 18.6 Å². The standard InChI is InChI=1S/C12H20N2/c1-3-4-5-11(2)6-7-12-10-13-8-9-14-12/h8-11H,3-7H2,1-2H3. The summed E-state index contributed by atoms with van der Waals surface area (Å²) < 4.78 is 0. The maximum absolute atomic E-state index is 4.27. The molecule has 14 heavy (non-hydrogen) atoms. The van der Waals surface area contributed by atoms with Gasteiger partial charge in [-0.2, -0.15) is 0 Å². The van der Waals surface area contributed by atoms with E-state index in [1.54, 1.807) is 12.4 Å². The minimum absolute atomic E-state index is 0.817. The van der Waals surface area contributed by atoms with Crippen molar-refractivity contribution in [1.82, 2.24) is 9.97 Å². The van der Waals surface area contributed by atoms with Crippen molar-refractivity contribution in [2.24, 2.45) is 5.92 Å². The molecule has 0 aliphatic carbocycles. The van der Waals surface area contributed by atoms with Crippen LogP contribution >= 0.6 is 0 Å². The third-order valence-corrected chi connectivity index (χ3v) is 2.56. The average molecular weight is 192 g/mol. The Morgan fingerprint density at radius 1 is 1.29 bits per heavy atom. The number of unbranched alkanes of at least 4 members (excludes halogenated alkanes) is 1. The number of hydrogen-bond acceptors (Lipinski definition) is 2. The predicted molar refractivity (Wildman–Crippen MR) is 59.0 cm³/mol. The second-order valence-corrected chi connectivity index (χ2v) is 3.98. The largest absolute Gasteiger partial charge is 0.261 e. The lowest BCUT2D eigenvalue weighted by atomic mass is 9.98. The van der Waals surface area contributed by atoms with E-state index in [4.69, 9.17) is 0 Å². The van der Waals surface area contributed by atoms with Crippen LogP contribution in [0.3, 0.4) is 0 Å². The Kier molecular flexibility index (Phi) is 5.20. The highest BCUT2D eigenvalue weighted by Crippen LogP contribution is 2.13. The molecule has 0 N–H and O–H groups in total. The molecule has 78 valence electrons. The third kappa shape index (κ3) is 4.35. The van der Waals surface area contributed by atoms with Gasteiger partial charge in [0.05, 0.1) is 5.69 Å². The number of nitrogens with zero attached hydrogens (tertiary/aromatic N) is 2. The summed E-state index contributed by atoms with van der Waals surface area (Å²) in [5.74, 6) is 0.817. The molecule has 0 bridgehead atoms. The summed E-state index contributed by atoms with van der Waals surface area (Å²) in [6.45, 7) is 4.57. The van der Waals surface area contributed by atoms with Crippen LogP contribution in [-0.4, -0.2) is 9.97 Å². The van der Waals surface area contributed by atoms with Crippen LogP contribution in [0.2, 0.25) is 0 Å². The molecule has 0 aliphatic rings. The van der Waals surface area contributed by atoms with Gasteiger partial charge in [0.15, 0.2) is 0 Å². The van der Waals surface area contributed by atoms with E-state index in [1.165, 1.54) is 25.7 Å². The monoisotopic (exact) mass is 192 g/mol. The smallest absolute Gasteiger partial charge is 0.0586 e. The molecule has 1 aromatic heterocycles. The minimum atomic E-state index is 0.817. The second kappa shape index (κ2) is 6.52. The summed E-state index contributed by atoms with van der Waals surface area (Å²) in [6.07, 6.45) is 11.7. The quantitative estimate of drug-likeness (QED) is 0.691. The van der Waals surface area contributed by atoms with E-state index >= 15 is 0 Å². The fourth-order valence-corrected chi connectivity index (χ4v) is 1.55. The molecule has 1 atom stereocenters. The van der Waals surface area contributed by atoms with Crippen molar-refractivity contribution >= 4 is 0 Å². The van der Waals surface area contributed by atoms with Gasteiger partial charge in [-0.25, -0.2) is 0 Å². The first-order valence-electron chi connectivity index (χ1n) is 5.57. The third-order valence-electron chi connectivity index (χ3n) is 2.56. The number of aromatic nitrogens is 2. The van der Waals surface area contributed by atoms with Crippen LogP contribution < -0.4 is 0 Å². The van der Waals surface area contributed by atoms with Crippen LogP contribution in [0.4, 0.5) is 0 Å². The summed E-state index contributed by atoms with van der Waals surface area (Å²) in [5, 5.41) is 0. The lowest BCUT2D eigenvalue weighted by Gasteiger charge is -2.09. The summed E-state index contributed by atoms with van der Waals surface area (Å²) >= 11 is 0. The predicted octanol–water partition coefficient (Wildman–Crippen LogP) is 3.24. The molecule has 1 aromatic rings. The second-order valence-electron chi connectivity index (χ2n) is 3.98. The lowest BCUT2D eigenvalue weighted by molar-refractivity contribution is 0.469. The maximum atomic E-state index is 4.27. The van der Waals surface area contributed by atoms with E-state index in [0.717, 1.165) is 18.0 Å². The van der Waals surface area contributed by atoms with Gasteiger partial charge in [-0.15, -0.1) is 0 Å². The highest BCUT2D eigenvalue weighted by Gasteiger charge is 2.02. The molecule has 0 saturated carbocycles. The molecule has 0 aliphatic heterocycles. The summed E-state index contributed by atoms with van der Waals surface area (Å²) in [6, 6.07) is 0. The number of hydrogen-bond donors (Lipinski definition) is 0. The van der Waals surface area contributed by atoms with Crippen LogP contribution in [0.25, 0.3) is 0 Å². The molecule has 0 saturated heterocycles. The van der Waals surface area contributed by atoms with E-state index in [-0.39, 0.29) is 0 Å². The van der Waals surface area contributed by atoms with Crippen molar-refractivity contribution in [3.8, 4) is 0 Å². The Morgan fingerprint density at radius 3 is 2.79 bits per heavy atom. The van der Waals surface area contributed by atoms with Crippen LogP contribution in [0.5, 0.6) is 0 Å². The fourth-order valence-electron chi connectivity index (χ4n) is 1.55. The normalized spacial score (nSPS) is 12.7. The molecule has 1 rings (SSSR count).